The minimum atomic E-state index is -0.000242. The van der Waals surface area contributed by atoms with Gasteiger partial charge in [-0.25, -0.2) is 15.0 Å². The highest BCUT2D eigenvalue weighted by Crippen LogP contribution is 2.38. The number of nitrogens with one attached hydrogen (secondary N) is 3. The van der Waals surface area contributed by atoms with E-state index in [-0.39, 0.29) is 11.8 Å². The summed E-state index contributed by atoms with van der Waals surface area (Å²) in [4.78, 5) is 26.3. The van der Waals surface area contributed by atoms with Crippen molar-refractivity contribution >= 4 is 28.3 Å². The Kier molecular flexibility index (Phi) is 7.79. The van der Waals surface area contributed by atoms with Crippen molar-refractivity contribution in [2.75, 3.05) is 23.7 Å². The summed E-state index contributed by atoms with van der Waals surface area (Å²) in [5, 5.41) is 11.7. The van der Waals surface area contributed by atoms with E-state index in [4.69, 9.17) is 9.72 Å². The van der Waals surface area contributed by atoms with E-state index in [2.05, 4.69) is 25.9 Å². The van der Waals surface area contributed by atoms with Crippen LogP contribution in [0.5, 0.6) is 11.6 Å². The zero-order valence-electron chi connectivity index (χ0n) is 22.1. The van der Waals surface area contributed by atoms with Crippen LogP contribution in [0.2, 0.25) is 0 Å². The van der Waals surface area contributed by atoms with Gasteiger partial charge in [0.1, 0.15) is 5.75 Å². The normalized spacial score (nSPS) is 15.4. The highest BCUT2D eigenvalue weighted by atomic mass is 16.5. The van der Waals surface area contributed by atoms with Gasteiger partial charge in [0.15, 0.2) is 0 Å². The van der Waals surface area contributed by atoms with E-state index in [1.54, 1.807) is 12.4 Å². The summed E-state index contributed by atoms with van der Waals surface area (Å²) in [6.07, 6.45) is 6.15. The minimum Gasteiger partial charge on any atom is -0.437 e. The Bertz CT molecular complexity index is 1430. The SMILES string of the molecule is Cc1ccc2c(NC(=O)CC(C)C)cccc2c1Oc1ncccc1-c1ccnc(N[C@H]2CCCNC2)n1. The first kappa shape index (κ1) is 25.6. The van der Waals surface area contributed by atoms with Gasteiger partial charge in [-0.15, -0.1) is 0 Å². The lowest BCUT2D eigenvalue weighted by Crippen LogP contribution is -2.38. The smallest absolute Gasteiger partial charge is 0.228 e. The Hall–Kier alpha value is -4.04. The van der Waals surface area contributed by atoms with Crippen LogP contribution in [0.1, 0.15) is 38.7 Å². The van der Waals surface area contributed by atoms with Gasteiger partial charge in [0, 0.05) is 47.9 Å². The maximum Gasteiger partial charge on any atom is 0.228 e. The molecule has 1 amide bonds. The fourth-order valence-corrected chi connectivity index (χ4v) is 4.76. The number of hydrogen-bond donors (Lipinski definition) is 3. The van der Waals surface area contributed by atoms with Gasteiger partial charge in [0.05, 0.1) is 11.3 Å². The molecule has 0 saturated carbocycles. The Labute approximate surface area is 223 Å². The third-order valence-electron chi connectivity index (χ3n) is 6.61. The van der Waals surface area contributed by atoms with Crippen LogP contribution in [0.4, 0.5) is 11.6 Å². The number of carbonyl (C=O) groups is 1. The van der Waals surface area contributed by atoms with E-state index in [1.165, 1.54) is 0 Å². The molecule has 0 aliphatic carbocycles. The van der Waals surface area contributed by atoms with Crippen molar-refractivity contribution in [3.63, 3.8) is 0 Å². The molecule has 3 N–H and O–H groups in total. The average molecular weight is 511 g/mol. The largest absolute Gasteiger partial charge is 0.437 e. The quantitative estimate of drug-likeness (QED) is 0.270. The third-order valence-corrected chi connectivity index (χ3v) is 6.61. The van der Waals surface area contributed by atoms with E-state index in [1.807, 2.05) is 69.3 Å². The summed E-state index contributed by atoms with van der Waals surface area (Å²) in [7, 11) is 0. The lowest BCUT2D eigenvalue weighted by atomic mass is 10.0. The van der Waals surface area contributed by atoms with Gasteiger partial charge in [-0.3, -0.25) is 4.79 Å². The van der Waals surface area contributed by atoms with E-state index in [0.717, 1.165) is 59.2 Å². The molecule has 5 rings (SSSR count). The van der Waals surface area contributed by atoms with Crippen molar-refractivity contribution in [2.45, 2.75) is 46.1 Å². The molecule has 1 aliphatic rings. The van der Waals surface area contributed by atoms with Crippen LogP contribution < -0.4 is 20.7 Å². The first-order valence-corrected chi connectivity index (χ1v) is 13.2. The van der Waals surface area contributed by atoms with Crippen LogP contribution in [0.15, 0.2) is 60.9 Å². The number of ether oxygens (including phenoxy) is 1. The van der Waals surface area contributed by atoms with Crippen LogP contribution in [-0.4, -0.2) is 40.0 Å². The average Bonchev–Trinajstić information content (AvgIpc) is 2.91. The topological polar surface area (TPSA) is 101 Å². The Morgan fingerprint density at radius 1 is 1.08 bits per heavy atom. The molecular weight excluding hydrogens is 476 g/mol. The van der Waals surface area contributed by atoms with Crippen LogP contribution in [0.25, 0.3) is 22.0 Å². The maximum absolute atomic E-state index is 12.5. The number of nitrogens with zero attached hydrogens (tertiary/aromatic N) is 3. The summed E-state index contributed by atoms with van der Waals surface area (Å²) < 4.78 is 6.51. The fourth-order valence-electron chi connectivity index (χ4n) is 4.76. The molecule has 0 unspecified atom stereocenters. The Morgan fingerprint density at radius 2 is 1.97 bits per heavy atom. The Morgan fingerprint density at radius 3 is 2.79 bits per heavy atom. The molecule has 2 aromatic heterocycles. The van der Waals surface area contributed by atoms with E-state index in [9.17, 15) is 4.79 Å². The zero-order valence-corrected chi connectivity index (χ0v) is 22.1. The number of rotatable bonds is 8. The number of aryl methyl sites for hydroxylation is 1. The van der Waals surface area contributed by atoms with Gasteiger partial charge in [-0.1, -0.05) is 38.1 Å². The molecule has 0 bridgehead atoms. The summed E-state index contributed by atoms with van der Waals surface area (Å²) in [5.74, 6) is 2.03. The van der Waals surface area contributed by atoms with Gasteiger partial charge in [0.2, 0.25) is 17.7 Å². The fraction of sp³-hybridized carbons (Fsp3) is 0.333. The molecular formula is C30H34N6O2. The van der Waals surface area contributed by atoms with Crippen molar-refractivity contribution in [1.82, 2.24) is 20.3 Å². The van der Waals surface area contributed by atoms with Crippen molar-refractivity contribution in [3.05, 3.63) is 66.5 Å². The van der Waals surface area contributed by atoms with Crippen molar-refractivity contribution < 1.29 is 9.53 Å². The molecule has 1 saturated heterocycles. The summed E-state index contributed by atoms with van der Waals surface area (Å²) >= 11 is 0. The van der Waals surface area contributed by atoms with Gasteiger partial charge in [-0.2, -0.15) is 0 Å². The molecule has 3 heterocycles. The molecule has 4 aromatic rings. The number of carbonyl (C=O) groups excluding carboxylic acids is 1. The molecule has 1 fully saturated rings. The standard InChI is InChI=1S/C30H34N6O2/c1-19(2)17-27(37)35-25-10-4-8-23-22(25)12-11-20(3)28(23)38-29-24(9-6-15-32-29)26-13-16-33-30(36-26)34-21-7-5-14-31-18-21/h4,6,8-13,15-16,19,21,31H,5,7,14,17-18H2,1-3H3,(H,35,37)(H,33,34,36)/t21-/m0/s1. The van der Waals surface area contributed by atoms with Gasteiger partial charge in [0.25, 0.3) is 0 Å². The molecule has 0 spiro atoms. The highest BCUT2D eigenvalue weighted by Gasteiger charge is 2.18. The lowest BCUT2D eigenvalue weighted by molar-refractivity contribution is -0.116. The predicted molar refractivity (Wildman–Crippen MR) is 152 cm³/mol. The van der Waals surface area contributed by atoms with Gasteiger partial charge >= 0.3 is 0 Å². The van der Waals surface area contributed by atoms with E-state index >= 15 is 0 Å². The first-order valence-electron chi connectivity index (χ1n) is 13.2. The zero-order chi connectivity index (χ0) is 26.5. The van der Waals surface area contributed by atoms with Crippen LogP contribution in [0, 0.1) is 12.8 Å². The molecule has 0 radical (unpaired) electrons. The Balaban J connectivity index is 1.46. The van der Waals surface area contributed by atoms with E-state index in [0.29, 0.717) is 30.0 Å². The molecule has 2 aromatic carbocycles. The first-order chi connectivity index (χ1) is 18.5. The third kappa shape index (κ3) is 5.92. The van der Waals surface area contributed by atoms with Crippen LogP contribution in [-0.2, 0) is 4.79 Å². The predicted octanol–water partition coefficient (Wildman–Crippen LogP) is 5.94. The molecule has 1 atom stereocenters. The number of piperidine rings is 1. The molecule has 196 valence electrons. The summed E-state index contributed by atoms with van der Waals surface area (Å²) in [5.41, 5.74) is 3.24. The lowest BCUT2D eigenvalue weighted by Gasteiger charge is -2.23. The summed E-state index contributed by atoms with van der Waals surface area (Å²) in [6, 6.07) is 15.9. The number of pyridine rings is 1. The molecule has 38 heavy (non-hydrogen) atoms. The second-order valence-corrected chi connectivity index (χ2v) is 10.2. The van der Waals surface area contributed by atoms with E-state index < -0.39 is 0 Å². The van der Waals surface area contributed by atoms with Crippen molar-refractivity contribution in [2.24, 2.45) is 5.92 Å². The maximum atomic E-state index is 12.5. The molecule has 1 aliphatic heterocycles. The van der Waals surface area contributed by atoms with Gasteiger partial charge < -0.3 is 20.7 Å². The number of aromatic nitrogens is 3. The second kappa shape index (κ2) is 11.6. The second-order valence-electron chi connectivity index (χ2n) is 10.2. The number of benzene rings is 2. The van der Waals surface area contributed by atoms with Gasteiger partial charge in [-0.05, 0) is 62.1 Å². The monoisotopic (exact) mass is 510 g/mol. The minimum absolute atomic E-state index is 0.000242. The number of hydrogen-bond acceptors (Lipinski definition) is 7. The number of fused-ring (bicyclic) bond motifs is 1. The van der Waals surface area contributed by atoms with Crippen LogP contribution >= 0.6 is 0 Å². The van der Waals surface area contributed by atoms with Crippen molar-refractivity contribution in [1.29, 1.82) is 0 Å². The van der Waals surface area contributed by atoms with Crippen molar-refractivity contribution in [3.8, 4) is 22.9 Å². The number of amides is 1. The summed E-state index contributed by atoms with van der Waals surface area (Å²) in [6.45, 7) is 8.02. The highest BCUT2D eigenvalue weighted by molar-refractivity contribution is 6.04. The molecule has 8 heteroatoms. The molecule has 8 nitrogen and oxygen atoms in total. The van der Waals surface area contributed by atoms with Crippen LogP contribution in [0.3, 0.4) is 0 Å². The number of anilines is 2.